The minimum absolute atomic E-state index is 0.0101. The number of nitrogens with two attached hydrogens (primary N) is 1. The van der Waals surface area contributed by atoms with E-state index in [1.165, 1.54) is 59.6 Å². The standard InChI is InChI=1S/C23H29FN6O5S/c1-5-29(6-2)36(32,33)17-7-8-21(34-3)18(13-17)19-11-15(23(31)27-35-4)12-20-22(19)26-28-30(20)14-16(24)9-10-25/h7-9,11-13H,5-6,10,14,25H2,1-4H3,(H,27,31)/b16-9-. The molecule has 0 saturated heterocycles. The van der Waals surface area contributed by atoms with Gasteiger partial charge in [0.15, 0.2) is 0 Å². The third-order valence-electron chi connectivity index (χ3n) is 5.52. The highest BCUT2D eigenvalue weighted by Crippen LogP contribution is 2.37. The molecule has 0 aliphatic heterocycles. The van der Waals surface area contributed by atoms with Crippen molar-refractivity contribution in [2.45, 2.75) is 25.3 Å². The van der Waals surface area contributed by atoms with E-state index in [9.17, 15) is 17.6 Å². The summed E-state index contributed by atoms with van der Waals surface area (Å²) in [6.45, 7) is 3.86. The SMILES string of the molecule is CCN(CC)S(=O)(=O)c1ccc(OC)c(-c2cc(C(=O)NOC)cc3c2nnn3C/C(F)=C/CN)c1. The number of hydrogen-bond acceptors (Lipinski definition) is 8. The van der Waals surface area contributed by atoms with Crippen molar-refractivity contribution >= 4 is 27.0 Å². The Morgan fingerprint density at radius 1 is 1.19 bits per heavy atom. The number of benzene rings is 2. The second-order valence-corrected chi connectivity index (χ2v) is 9.55. The lowest BCUT2D eigenvalue weighted by Crippen LogP contribution is -2.30. The number of amides is 1. The van der Waals surface area contributed by atoms with Gasteiger partial charge < -0.3 is 10.5 Å². The molecule has 0 fully saturated rings. The summed E-state index contributed by atoms with van der Waals surface area (Å²) in [4.78, 5) is 17.5. The molecule has 3 rings (SSSR count). The van der Waals surface area contributed by atoms with Crippen LogP contribution in [0.4, 0.5) is 4.39 Å². The summed E-state index contributed by atoms with van der Waals surface area (Å²) in [6.07, 6.45) is 1.21. The van der Waals surface area contributed by atoms with Gasteiger partial charge in [0.1, 0.15) is 17.1 Å². The predicted molar refractivity (Wildman–Crippen MR) is 132 cm³/mol. The normalized spacial score (nSPS) is 12.4. The minimum Gasteiger partial charge on any atom is -0.496 e. The molecule has 13 heteroatoms. The lowest BCUT2D eigenvalue weighted by atomic mass is 9.99. The lowest BCUT2D eigenvalue weighted by molar-refractivity contribution is 0.0538. The minimum atomic E-state index is -3.79. The lowest BCUT2D eigenvalue weighted by Gasteiger charge is -2.20. The summed E-state index contributed by atoms with van der Waals surface area (Å²) < 4.78 is 48.8. The largest absolute Gasteiger partial charge is 0.496 e. The molecular formula is C23H29FN6O5S. The molecule has 0 aliphatic rings. The van der Waals surface area contributed by atoms with Gasteiger partial charge in [0.05, 0.1) is 31.2 Å². The zero-order valence-corrected chi connectivity index (χ0v) is 21.3. The number of rotatable bonds is 11. The first-order chi connectivity index (χ1) is 17.2. The number of fused-ring (bicyclic) bond motifs is 1. The van der Waals surface area contributed by atoms with Crippen molar-refractivity contribution in [3.05, 3.63) is 47.8 Å². The van der Waals surface area contributed by atoms with Crippen LogP contribution in [0.3, 0.4) is 0 Å². The molecule has 1 heterocycles. The van der Waals surface area contributed by atoms with Crippen LogP contribution in [-0.2, 0) is 21.4 Å². The summed E-state index contributed by atoms with van der Waals surface area (Å²) in [5.41, 5.74) is 9.20. The van der Waals surface area contributed by atoms with Gasteiger partial charge in [-0.1, -0.05) is 19.1 Å². The number of nitrogens with one attached hydrogen (secondary N) is 1. The van der Waals surface area contributed by atoms with E-state index >= 15 is 0 Å². The Morgan fingerprint density at radius 3 is 2.53 bits per heavy atom. The highest BCUT2D eigenvalue weighted by molar-refractivity contribution is 7.89. The molecule has 0 unspecified atom stereocenters. The third-order valence-corrected chi connectivity index (χ3v) is 7.57. The maximum atomic E-state index is 14.2. The maximum Gasteiger partial charge on any atom is 0.274 e. The molecule has 11 nitrogen and oxygen atoms in total. The average Bonchev–Trinajstić information content (AvgIpc) is 3.26. The van der Waals surface area contributed by atoms with Gasteiger partial charge in [-0.2, -0.15) is 4.31 Å². The molecule has 1 amide bonds. The van der Waals surface area contributed by atoms with Gasteiger partial charge in [-0.25, -0.2) is 23.0 Å². The first-order valence-corrected chi connectivity index (χ1v) is 12.6. The fourth-order valence-corrected chi connectivity index (χ4v) is 5.26. The van der Waals surface area contributed by atoms with Gasteiger partial charge >= 0.3 is 0 Å². The predicted octanol–water partition coefficient (Wildman–Crippen LogP) is 2.24. The molecule has 1 aromatic heterocycles. The van der Waals surface area contributed by atoms with Crippen molar-refractivity contribution in [1.29, 1.82) is 0 Å². The zero-order valence-electron chi connectivity index (χ0n) is 20.5. The number of nitrogens with zero attached hydrogens (tertiary/aromatic N) is 4. The van der Waals surface area contributed by atoms with Gasteiger partial charge in [-0.15, -0.1) is 5.10 Å². The van der Waals surface area contributed by atoms with Crippen molar-refractivity contribution in [2.75, 3.05) is 33.9 Å². The third kappa shape index (κ3) is 5.38. The van der Waals surface area contributed by atoms with E-state index in [1.807, 2.05) is 0 Å². The van der Waals surface area contributed by atoms with Crippen LogP contribution in [0, 0.1) is 0 Å². The summed E-state index contributed by atoms with van der Waals surface area (Å²) in [7, 11) is -1.06. The molecule has 2 aromatic carbocycles. The monoisotopic (exact) mass is 520 g/mol. The van der Waals surface area contributed by atoms with Crippen LogP contribution in [0.15, 0.2) is 47.1 Å². The summed E-state index contributed by atoms with van der Waals surface area (Å²) in [5, 5.41) is 8.25. The van der Waals surface area contributed by atoms with Gasteiger partial charge in [-0.05, 0) is 36.4 Å². The Morgan fingerprint density at radius 2 is 1.92 bits per heavy atom. The molecule has 3 N–H and O–H groups in total. The summed E-state index contributed by atoms with van der Waals surface area (Å²) in [6, 6.07) is 7.47. The van der Waals surface area contributed by atoms with Crippen LogP contribution in [0.25, 0.3) is 22.2 Å². The number of sulfonamides is 1. The molecular weight excluding hydrogens is 491 g/mol. The highest BCUT2D eigenvalue weighted by Gasteiger charge is 2.25. The molecule has 36 heavy (non-hydrogen) atoms. The number of carbonyl (C=O) groups is 1. The number of carbonyl (C=O) groups excluding carboxylic acids is 1. The fraction of sp³-hybridized carbons (Fsp3) is 0.348. The number of halogens is 1. The first kappa shape index (κ1) is 27.2. The van der Waals surface area contributed by atoms with E-state index in [0.717, 1.165) is 0 Å². The van der Waals surface area contributed by atoms with Crippen LogP contribution in [0.2, 0.25) is 0 Å². The number of aromatic nitrogens is 3. The molecule has 0 bridgehead atoms. The molecule has 0 saturated carbocycles. The Kier molecular flexibility index (Phi) is 8.74. The van der Waals surface area contributed by atoms with E-state index in [0.29, 0.717) is 41.0 Å². The Labute approximate surface area is 208 Å². The van der Waals surface area contributed by atoms with Crippen LogP contribution in [0.5, 0.6) is 5.75 Å². The summed E-state index contributed by atoms with van der Waals surface area (Å²) >= 11 is 0. The van der Waals surface area contributed by atoms with Crippen LogP contribution >= 0.6 is 0 Å². The number of hydrogen-bond donors (Lipinski definition) is 2. The molecule has 0 spiro atoms. The van der Waals surface area contributed by atoms with Gasteiger partial charge in [0.2, 0.25) is 10.0 Å². The zero-order chi connectivity index (χ0) is 26.5. The van der Waals surface area contributed by atoms with Crippen LogP contribution < -0.4 is 16.0 Å². The maximum absolute atomic E-state index is 14.2. The topological polar surface area (TPSA) is 142 Å². The number of ether oxygens (including phenoxy) is 1. The number of hydroxylamine groups is 1. The summed E-state index contributed by atoms with van der Waals surface area (Å²) in [5.74, 6) is -0.748. The quantitative estimate of drug-likeness (QED) is 0.367. The van der Waals surface area contributed by atoms with Gasteiger partial charge in [0, 0.05) is 36.3 Å². The smallest absolute Gasteiger partial charge is 0.274 e. The van der Waals surface area contributed by atoms with E-state index in [2.05, 4.69) is 15.8 Å². The van der Waals surface area contributed by atoms with E-state index in [4.69, 9.17) is 15.3 Å². The van der Waals surface area contributed by atoms with E-state index < -0.39 is 21.8 Å². The van der Waals surface area contributed by atoms with Crippen molar-refractivity contribution in [3.63, 3.8) is 0 Å². The Bertz CT molecular complexity index is 1390. The van der Waals surface area contributed by atoms with Crippen LogP contribution in [-0.4, -0.2) is 67.5 Å². The highest BCUT2D eigenvalue weighted by atomic mass is 32.2. The molecule has 0 aliphatic carbocycles. The average molecular weight is 521 g/mol. The Hall–Kier alpha value is -3.39. The van der Waals surface area contributed by atoms with Gasteiger partial charge in [0.25, 0.3) is 5.91 Å². The second-order valence-electron chi connectivity index (χ2n) is 7.61. The van der Waals surface area contributed by atoms with Gasteiger partial charge in [-0.3, -0.25) is 9.63 Å². The van der Waals surface area contributed by atoms with Crippen LogP contribution in [0.1, 0.15) is 24.2 Å². The van der Waals surface area contributed by atoms with Crippen molar-refractivity contribution in [1.82, 2.24) is 24.8 Å². The number of allylic oxidation sites excluding steroid dienone is 1. The second kappa shape index (κ2) is 11.6. The fourth-order valence-electron chi connectivity index (χ4n) is 3.78. The number of methoxy groups -OCH3 is 1. The molecule has 0 radical (unpaired) electrons. The molecule has 194 valence electrons. The first-order valence-electron chi connectivity index (χ1n) is 11.1. The van der Waals surface area contributed by atoms with Crippen molar-refractivity contribution < 1.29 is 27.2 Å². The van der Waals surface area contributed by atoms with E-state index in [1.54, 1.807) is 13.8 Å². The van der Waals surface area contributed by atoms with Crippen molar-refractivity contribution in [3.8, 4) is 16.9 Å². The molecule has 3 aromatic rings. The molecule has 0 atom stereocenters. The van der Waals surface area contributed by atoms with Crippen molar-refractivity contribution in [2.24, 2.45) is 5.73 Å². The Balaban J connectivity index is 2.31. The van der Waals surface area contributed by atoms with E-state index in [-0.39, 0.29) is 23.5 Å².